The highest BCUT2D eigenvalue weighted by Gasteiger charge is 2.47. The van der Waals surface area contributed by atoms with E-state index in [9.17, 15) is 0 Å². The fourth-order valence-corrected chi connectivity index (χ4v) is 3.24. The molecule has 2 atom stereocenters. The SMILES string of the molecule is CCCC(C)c1cc2n(n1)C(C1(C)CC1)CCN2. The van der Waals surface area contributed by atoms with Gasteiger partial charge in [-0.2, -0.15) is 5.10 Å². The van der Waals surface area contributed by atoms with Crippen LogP contribution in [0.5, 0.6) is 0 Å². The topological polar surface area (TPSA) is 29.9 Å². The van der Waals surface area contributed by atoms with Gasteiger partial charge in [-0.05, 0) is 31.1 Å². The first-order valence-corrected chi connectivity index (χ1v) is 7.47. The molecule has 1 N–H and O–H groups in total. The molecule has 2 aliphatic rings. The highest BCUT2D eigenvalue weighted by Crippen LogP contribution is 2.56. The predicted octanol–water partition coefficient (Wildman–Crippen LogP) is 3.94. The van der Waals surface area contributed by atoms with Gasteiger partial charge in [0, 0.05) is 18.5 Å². The number of nitrogens with zero attached hydrogens (tertiary/aromatic N) is 2. The number of rotatable bonds is 4. The Labute approximate surface area is 110 Å². The van der Waals surface area contributed by atoms with E-state index < -0.39 is 0 Å². The Morgan fingerprint density at radius 1 is 1.56 bits per heavy atom. The van der Waals surface area contributed by atoms with E-state index in [1.165, 1.54) is 43.6 Å². The largest absolute Gasteiger partial charge is 0.370 e. The van der Waals surface area contributed by atoms with Crippen LogP contribution in [0.25, 0.3) is 0 Å². The van der Waals surface area contributed by atoms with Crippen molar-refractivity contribution < 1.29 is 0 Å². The second-order valence-corrected chi connectivity index (χ2v) is 6.47. The summed E-state index contributed by atoms with van der Waals surface area (Å²) in [7, 11) is 0. The Kier molecular flexibility index (Phi) is 2.87. The first-order chi connectivity index (χ1) is 8.64. The van der Waals surface area contributed by atoms with Gasteiger partial charge >= 0.3 is 0 Å². The highest BCUT2D eigenvalue weighted by atomic mass is 15.4. The molecule has 0 amide bonds. The lowest BCUT2D eigenvalue weighted by molar-refractivity contribution is 0.283. The summed E-state index contributed by atoms with van der Waals surface area (Å²) in [5.74, 6) is 1.83. The molecule has 1 fully saturated rings. The molecule has 18 heavy (non-hydrogen) atoms. The van der Waals surface area contributed by atoms with Crippen LogP contribution in [0.4, 0.5) is 5.82 Å². The lowest BCUT2D eigenvalue weighted by Gasteiger charge is -2.30. The van der Waals surface area contributed by atoms with Gasteiger partial charge in [-0.25, -0.2) is 4.68 Å². The van der Waals surface area contributed by atoms with Crippen LogP contribution in [0, 0.1) is 5.41 Å². The van der Waals surface area contributed by atoms with Crippen LogP contribution in [-0.2, 0) is 0 Å². The number of hydrogen-bond acceptors (Lipinski definition) is 2. The first kappa shape index (κ1) is 12.1. The molecule has 2 unspecified atom stereocenters. The smallest absolute Gasteiger partial charge is 0.124 e. The Hall–Kier alpha value is -0.990. The lowest BCUT2D eigenvalue weighted by Crippen LogP contribution is -2.28. The predicted molar refractivity (Wildman–Crippen MR) is 75.0 cm³/mol. The van der Waals surface area contributed by atoms with Gasteiger partial charge in [0.2, 0.25) is 0 Å². The van der Waals surface area contributed by atoms with Crippen LogP contribution in [0.15, 0.2) is 6.07 Å². The average Bonchev–Trinajstić information content (AvgIpc) is 2.94. The van der Waals surface area contributed by atoms with E-state index in [0.717, 1.165) is 6.54 Å². The maximum Gasteiger partial charge on any atom is 0.124 e. The van der Waals surface area contributed by atoms with E-state index in [1.807, 2.05) is 0 Å². The van der Waals surface area contributed by atoms with Crippen molar-refractivity contribution in [2.75, 3.05) is 11.9 Å². The van der Waals surface area contributed by atoms with Gasteiger partial charge in [0.1, 0.15) is 5.82 Å². The molecule has 0 aromatic carbocycles. The molecule has 0 saturated heterocycles. The van der Waals surface area contributed by atoms with Gasteiger partial charge in [-0.3, -0.25) is 0 Å². The zero-order chi connectivity index (χ0) is 12.8. The molecule has 3 nitrogen and oxygen atoms in total. The minimum Gasteiger partial charge on any atom is -0.370 e. The molecule has 1 aromatic heterocycles. The zero-order valence-electron chi connectivity index (χ0n) is 11.9. The normalized spacial score (nSPS) is 26.3. The fourth-order valence-electron chi connectivity index (χ4n) is 3.24. The monoisotopic (exact) mass is 247 g/mol. The Morgan fingerprint density at radius 2 is 2.33 bits per heavy atom. The third kappa shape index (κ3) is 1.94. The minimum absolute atomic E-state index is 0.522. The quantitative estimate of drug-likeness (QED) is 0.873. The molecule has 0 bridgehead atoms. The molecule has 100 valence electrons. The van der Waals surface area contributed by atoms with Crippen LogP contribution in [0.1, 0.15) is 70.5 Å². The van der Waals surface area contributed by atoms with E-state index in [4.69, 9.17) is 5.10 Å². The van der Waals surface area contributed by atoms with Gasteiger partial charge in [-0.15, -0.1) is 0 Å². The summed E-state index contributed by atoms with van der Waals surface area (Å²) in [6.45, 7) is 8.07. The van der Waals surface area contributed by atoms with E-state index in [2.05, 4.69) is 36.8 Å². The molecular weight excluding hydrogens is 222 g/mol. The van der Waals surface area contributed by atoms with Crippen LogP contribution in [-0.4, -0.2) is 16.3 Å². The van der Waals surface area contributed by atoms with Gasteiger partial charge in [-0.1, -0.05) is 27.2 Å². The summed E-state index contributed by atoms with van der Waals surface area (Å²) in [5, 5.41) is 8.42. The second-order valence-electron chi connectivity index (χ2n) is 6.47. The van der Waals surface area contributed by atoms with Crippen molar-refractivity contribution in [1.29, 1.82) is 0 Å². The van der Waals surface area contributed by atoms with Crippen molar-refractivity contribution >= 4 is 5.82 Å². The van der Waals surface area contributed by atoms with E-state index in [-0.39, 0.29) is 0 Å². The number of fused-ring (bicyclic) bond motifs is 1. The fraction of sp³-hybridized carbons (Fsp3) is 0.800. The summed E-state index contributed by atoms with van der Waals surface area (Å²) < 4.78 is 2.29. The Balaban J connectivity index is 1.88. The van der Waals surface area contributed by atoms with Crippen LogP contribution in [0.2, 0.25) is 0 Å². The number of hydrogen-bond donors (Lipinski definition) is 1. The molecule has 2 heterocycles. The highest BCUT2D eigenvalue weighted by molar-refractivity contribution is 5.40. The Morgan fingerprint density at radius 3 is 3.00 bits per heavy atom. The second kappa shape index (κ2) is 4.29. The molecule has 3 heteroatoms. The lowest BCUT2D eigenvalue weighted by atomic mass is 9.95. The van der Waals surface area contributed by atoms with Crippen LogP contribution < -0.4 is 5.32 Å². The van der Waals surface area contributed by atoms with Crippen molar-refractivity contribution in [2.24, 2.45) is 5.41 Å². The molecule has 1 aliphatic heterocycles. The molecule has 0 radical (unpaired) electrons. The molecule has 0 spiro atoms. The molecule has 1 saturated carbocycles. The van der Waals surface area contributed by atoms with Crippen molar-refractivity contribution in [1.82, 2.24) is 9.78 Å². The van der Waals surface area contributed by atoms with E-state index in [0.29, 0.717) is 17.4 Å². The number of aromatic nitrogens is 2. The zero-order valence-corrected chi connectivity index (χ0v) is 11.9. The van der Waals surface area contributed by atoms with E-state index >= 15 is 0 Å². The van der Waals surface area contributed by atoms with Crippen molar-refractivity contribution in [3.8, 4) is 0 Å². The summed E-state index contributed by atoms with van der Waals surface area (Å²) in [6, 6.07) is 2.90. The van der Waals surface area contributed by atoms with Crippen molar-refractivity contribution in [2.45, 2.75) is 64.8 Å². The van der Waals surface area contributed by atoms with Gasteiger partial charge in [0.05, 0.1) is 11.7 Å². The molecule has 3 rings (SSSR count). The molecule has 1 aliphatic carbocycles. The standard InChI is InChI=1S/C15H25N3/c1-4-5-11(2)12-10-14-16-9-6-13(18(14)17-12)15(3)7-8-15/h10-11,13,16H,4-9H2,1-3H3. The summed E-state index contributed by atoms with van der Waals surface area (Å²) in [5.41, 5.74) is 1.80. The van der Waals surface area contributed by atoms with Crippen molar-refractivity contribution in [3.63, 3.8) is 0 Å². The number of anilines is 1. The third-order valence-corrected chi connectivity index (χ3v) is 4.84. The average molecular weight is 247 g/mol. The van der Waals surface area contributed by atoms with E-state index in [1.54, 1.807) is 0 Å². The summed E-state index contributed by atoms with van der Waals surface area (Å²) in [4.78, 5) is 0. The third-order valence-electron chi connectivity index (χ3n) is 4.84. The molecule has 1 aromatic rings. The summed E-state index contributed by atoms with van der Waals surface area (Å²) >= 11 is 0. The van der Waals surface area contributed by atoms with Gasteiger partial charge in [0.25, 0.3) is 0 Å². The van der Waals surface area contributed by atoms with Crippen molar-refractivity contribution in [3.05, 3.63) is 11.8 Å². The maximum atomic E-state index is 4.91. The summed E-state index contributed by atoms with van der Waals surface area (Å²) in [6.07, 6.45) is 6.44. The maximum absolute atomic E-state index is 4.91. The van der Waals surface area contributed by atoms with Gasteiger partial charge in [0.15, 0.2) is 0 Å². The van der Waals surface area contributed by atoms with Crippen LogP contribution in [0.3, 0.4) is 0 Å². The first-order valence-electron chi connectivity index (χ1n) is 7.47. The Bertz CT molecular complexity index is 431. The van der Waals surface area contributed by atoms with Crippen LogP contribution >= 0.6 is 0 Å². The number of nitrogens with one attached hydrogen (secondary N) is 1. The minimum atomic E-state index is 0.522. The molecular formula is C15H25N3. The van der Waals surface area contributed by atoms with Gasteiger partial charge < -0.3 is 5.32 Å².